The summed E-state index contributed by atoms with van der Waals surface area (Å²) >= 11 is 3.30. The molecule has 6 nitrogen and oxygen atoms in total. The number of rotatable bonds is 5. The van der Waals surface area contributed by atoms with Crippen molar-refractivity contribution < 1.29 is 14.3 Å². The van der Waals surface area contributed by atoms with E-state index < -0.39 is 0 Å². The minimum absolute atomic E-state index is 0.0783. The quantitative estimate of drug-likeness (QED) is 0.764. The van der Waals surface area contributed by atoms with Crippen molar-refractivity contribution >= 4 is 21.8 Å². The van der Waals surface area contributed by atoms with Crippen LogP contribution in [-0.4, -0.2) is 47.1 Å². The van der Waals surface area contributed by atoms with Gasteiger partial charge in [-0.05, 0) is 34.8 Å². The van der Waals surface area contributed by atoms with E-state index in [4.69, 9.17) is 9.47 Å². The minimum Gasteiger partial charge on any atom is -0.496 e. The highest BCUT2D eigenvalue weighted by molar-refractivity contribution is 9.10. The number of para-hydroxylation sites is 1. The Labute approximate surface area is 155 Å². The lowest BCUT2D eigenvalue weighted by Gasteiger charge is -2.32. The molecule has 1 saturated heterocycles. The van der Waals surface area contributed by atoms with E-state index in [9.17, 15) is 4.79 Å². The van der Waals surface area contributed by atoms with Gasteiger partial charge in [-0.3, -0.25) is 4.79 Å². The lowest BCUT2D eigenvalue weighted by molar-refractivity contribution is -0.133. The third kappa shape index (κ3) is 4.69. The normalized spacial score (nSPS) is 17.2. The van der Waals surface area contributed by atoms with Gasteiger partial charge in [0, 0.05) is 24.5 Å². The average Bonchev–Trinajstić information content (AvgIpc) is 2.64. The number of methoxy groups -OCH3 is 1. The first-order chi connectivity index (χ1) is 12.2. The molecule has 1 aromatic carbocycles. The summed E-state index contributed by atoms with van der Waals surface area (Å²) in [6, 6.07) is 7.95. The van der Waals surface area contributed by atoms with Crippen molar-refractivity contribution in [3.8, 4) is 11.8 Å². The molecular formula is C18H20BrN3O3. The Morgan fingerprint density at radius 2 is 2.08 bits per heavy atom. The predicted molar refractivity (Wildman–Crippen MR) is 96.7 cm³/mol. The second kappa shape index (κ2) is 8.29. The van der Waals surface area contributed by atoms with Gasteiger partial charge in [0.05, 0.1) is 24.5 Å². The second-order valence-corrected chi connectivity index (χ2v) is 6.81. The zero-order valence-corrected chi connectivity index (χ0v) is 15.6. The molecule has 0 saturated carbocycles. The first-order valence-electron chi connectivity index (χ1n) is 8.19. The van der Waals surface area contributed by atoms with E-state index >= 15 is 0 Å². The molecule has 132 valence electrons. The monoisotopic (exact) mass is 405 g/mol. The first-order valence-corrected chi connectivity index (χ1v) is 8.99. The van der Waals surface area contributed by atoms with Crippen LogP contribution in [0.25, 0.3) is 0 Å². The van der Waals surface area contributed by atoms with E-state index in [1.165, 1.54) is 0 Å². The topological polar surface area (TPSA) is 64.5 Å². The molecule has 1 aliphatic rings. The molecule has 3 rings (SSSR count). The largest absolute Gasteiger partial charge is 0.496 e. The van der Waals surface area contributed by atoms with Crippen molar-refractivity contribution in [3.63, 3.8) is 0 Å². The number of piperidine rings is 1. The molecule has 0 spiro atoms. The fourth-order valence-corrected chi connectivity index (χ4v) is 3.10. The van der Waals surface area contributed by atoms with Crippen LogP contribution < -0.4 is 9.47 Å². The van der Waals surface area contributed by atoms with Crippen molar-refractivity contribution in [2.45, 2.75) is 25.4 Å². The third-order valence-corrected chi connectivity index (χ3v) is 4.54. The highest BCUT2D eigenvalue weighted by atomic mass is 79.9. The minimum atomic E-state index is -0.0865. The van der Waals surface area contributed by atoms with Gasteiger partial charge in [-0.2, -0.15) is 0 Å². The maximum Gasteiger partial charge on any atom is 0.316 e. The summed E-state index contributed by atoms with van der Waals surface area (Å²) < 4.78 is 12.0. The van der Waals surface area contributed by atoms with Crippen LogP contribution in [0.15, 0.2) is 41.1 Å². The summed E-state index contributed by atoms with van der Waals surface area (Å²) in [5.41, 5.74) is 0.897. The summed E-state index contributed by atoms with van der Waals surface area (Å²) in [4.78, 5) is 22.8. The SMILES string of the molecule is COc1ccccc1CC(=O)N1CCCC(Oc2ncc(Br)cn2)C1. The van der Waals surface area contributed by atoms with Crippen LogP contribution >= 0.6 is 15.9 Å². The summed E-state index contributed by atoms with van der Waals surface area (Å²) in [5, 5.41) is 0. The number of halogens is 1. The zero-order chi connectivity index (χ0) is 17.6. The first kappa shape index (κ1) is 17.7. The van der Waals surface area contributed by atoms with E-state index in [0.717, 1.165) is 35.2 Å². The Morgan fingerprint density at radius 1 is 1.32 bits per heavy atom. The van der Waals surface area contributed by atoms with E-state index in [1.807, 2.05) is 29.2 Å². The molecule has 2 heterocycles. The molecule has 0 N–H and O–H groups in total. The Balaban J connectivity index is 1.60. The molecule has 1 atom stereocenters. The van der Waals surface area contributed by atoms with Crippen molar-refractivity contribution in [2.75, 3.05) is 20.2 Å². The van der Waals surface area contributed by atoms with Gasteiger partial charge in [0.15, 0.2) is 0 Å². The van der Waals surface area contributed by atoms with E-state index in [1.54, 1.807) is 19.5 Å². The van der Waals surface area contributed by atoms with Crippen LogP contribution in [0, 0.1) is 0 Å². The molecule has 1 fully saturated rings. The van der Waals surface area contributed by atoms with Gasteiger partial charge in [0.1, 0.15) is 11.9 Å². The lowest BCUT2D eigenvalue weighted by Crippen LogP contribution is -2.45. The third-order valence-electron chi connectivity index (χ3n) is 4.13. The number of nitrogens with zero attached hydrogens (tertiary/aromatic N) is 3. The fraction of sp³-hybridized carbons (Fsp3) is 0.389. The Kier molecular flexibility index (Phi) is 5.86. The number of hydrogen-bond acceptors (Lipinski definition) is 5. The molecule has 7 heteroatoms. The number of carbonyl (C=O) groups is 1. The van der Waals surface area contributed by atoms with Crippen LogP contribution in [0.4, 0.5) is 0 Å². The average molecular weight is 406 g/mol. The smallest absolute Gasteiger partial charge is 0.316 e. The van der Waals surface area contributed by atoms with E-state index in [0.29, 0.717) is 19.0 Å². The van der Waals surface area contributed by atoms with Gasteiger partial charge in [-0.25, -0.2) is 9.97 Å². The number of hydrogen-bond donors (Lipinski definition) is 0. The Bertz CT molecular complexity index is 724. The molecule has 0 radical (unpaired) electrons. The standard InChI is InChI=1S/C18H20BrN3O3/c1-24-16-7-3-2-5-13(16)9-17(23)22-8-4-6-15(12-22)25-18-20-10-14(19)11-21-18/h2-3,5,7,10-11,15H,4,6,8-9,12H2,1H3. The lowest BCUT2D eigenvalue weighted by atomic mass is 10.1. The van der Waals surface area contributed by atoms with Gasteiger partial charge in [0.25, 0.3) is 0 Å². The van der Waals surface area contributed by atoms with E-state index in [2.05, 4.69) is 25.9 Å². The number of ether oxygens (including phenoxy) is 2. The number of amides is 1. The molecule has 0 bridgehead atoms. The summed E-state index contributed by atoms with van der Waals surface area (Å²) in [6.45, 7) is 1.29. The van der Waals surface area contributed by atoms with Gasteiger partial charge in [-0.15, -0.1) is 0 Å². The zero-order valence-electron chi connectivity index (χ0n) is 14.0. The highest BCUT2D eigenvalue weighted by Gasteiger charge is 2.26. The highest BCUT2D eigenvalue weighted by Crippen LogP contribution is 2.21. The van der Waals surface area contributed by atoms with Crippen LogP contribution in [-0.2, 0) is 11.2 Å². The number of carbonyl (C=O) groups excluding carboxylic acids is 1. The maximum atomic E-state index is 12.7. The molecule has 1 amide bonds. The van der Waals surface area contributed by atoms with Crippen molar-refractivity contribution in [3.05, 3.63) is 46.7 Å². The van der Waals surface area contributed by atoms with Crippen molar-refractivity contribution in [1.82, 2.24) is 14.9 Å². The van der Waals surface area contributed by atoms with Crippen LogP contribution in [0.2, 0.25) is 0 Å². The summed E-state index contributed by atoms with van der Waals surface area (Å²) in [5.74, 6) is 0.818. The van der Waals surface area contributed by atoms with Gasteiger partial charge in [0.2, 0.25) is 5.91 Å². The number of benzene rings is 1. The Morgan fingerprint density at radius 3 is 2.84 bits per heavy atom. The van der Waals surface area contributed by atoms with Crippen molar-refractivity contribution in [1.29, 1.82) is 0 Å². The van der Waals surface area contributed by atoms with Gasteiger partial charge in [-0.1, -0.05) is 18.2 Å². The molecule has 2 aromatic rings. The van der Waals surface area contributed by atoms with Crippen LogP contribution in [0.5, 0.6) is 11.8 Å². The number of likely N-dealkylation sites (tertiary alicyclic amines) is 1. The molecule has 0 aliphatic carbocycles. The van der Waals surface area contributed by atoms with E-state index in [-0.39, 0.29) is 12.0 Å². The fourth-order valence-electron chi connectivity index (χ4n) is 2.90. The number of aromatic nitrogens is 2. The molecule has 25 heavy (non-hydrogen) atoms. The van der Waals surface area contributed by atoms with Crippen LogP contribution in [0.1, 0.15) is 18.4 Å². The summed E-state index contributed by atoms with van der Waals surface area (Å²) in [6.07, 6.45) is 5.32. The molecule has 1 aliphatic heterocycles. The van der Waals surface area contributed by atoms with Crippen LogP contribution in [0.3, 0.4) is 0 Å². The van der Waals surface area contributed by atoms with Gasteiger partial charge < -0.3 is 14.4 Å². The molecule has 1 unspecified atom stereocenters. The van der Waals surface area contributed by atoms with Gasteiger partial charge >= 0.3 is 6.01 Å². The second-order valence-electron chi connectivity index (χ2n) is 5.89. The predicted octanol–water partition coefficient (Wildman–Crippen LogP) is 2.86. The molecular weight excluding hydrogens is 386 g/mol. The van der Waals surface area contributed by atoms with Crippen molar-refractivity contribution in [2.24, 2.45) is 0 Å². The summed E-state index contributed by atoms with van der Waals surface area (Å²) in [7, 11) is 1.62. The molecule has 1 aromatic heterocycles. The maximum absolute atomic E-state index is 12.7. The Hall–Kier alpha value is -2.15.